The standard InChI is InChI=1S/C14H27N3OS/c1-6-12(7-2)17(8-9-18-5)14-16-11(3)13(19-14)10-15-4/h12,15H,6-10H2,1-5H3. The van der Waals surface area contributed by atoms with Gasteiger partial charge in [0.2, 0.25) is 0 Å². The molecule has 0 atom stereocenters. The van der Waals surface area contributed by atoms with E-state index in [-0.39, 0.29) is 0 Å². The summed E-state index contributed by atoms with van der Waals surface area (Å²) in [4.78, 5) is 8.48. The SMILES string of the molecule is CCC(CC)N(CCOC)c1nc(C)c(CNC)s1. The van der Waals surface area contributed by atoms with Crippen LogP contribution < -0.4 is 10.2 Å². The topological polar surface area (TPSA) is 37.4 Å². The Bertz CT molecular complexity index is 364. The Morgan fingerprint density at radius 2 is 2.05 bits per heavy atom. The van der Waals surface area contributed by atoms with E-state index in [1.807, 2.05) is 7.05 Å². The van der Waals surface area contributed by atoms with Gasteiger partial charge in [0.25, 0.3) is 0 Å². The second kappa shape index (κ2) is 8.51. The van der Waals surface area contributed by atoms with E-state index in [9.17, 15) is 0 Å². The van der Waals surface area contributed by atoms with Crippen LogP contribution in [0.3, 0.4) is 0 Å². The third-order valence-corrected chi connectivity index (χ3v) is 4.58. The van der Waals surface area contributed by atoms with Crippen molar-refractivity contribution in [2.75, 3.05) is 32.2 Å². The molecular formula is C14H27N3OS. The highest BCUT2D eigenvalue weighted by Gasteiger charge is 2.20. The lowest BCUT2D eigenvalue weighted by Crippen LogP contribution is -2.37. The first-order chi connectivity index (χ1) is 9.17. The molecule has 1 rings (SSSR count). The normalized spacial score (nSPS) is 11.3. The highest BCUT2D eigenvalue weighted by Crippen LogP contribution is 2.28. The van der Waals surface area contributed by atoms with Gasteiger partial charge in [-0.05, 0) is 26.8 Å². The lowest BCUT2D eigenvalue weighted by atomic mass is 10.1. The van der Waals surface area contributed by atoms with Gasteiger partial charge >= 0.3 is 0 Å². The van der Waals surface area contributed by atoms with Gasteiger partial charge in [0.05, 0.1) is 12.3 Å². The van der Waals surface area contributed by atoms with Crippen molar-refractivity contribution in [2.24, 2.45) is 0 Å². The third-order valence-electron chi connectivity index (χ3n) is 3.38. The maximum atomic E-state index is 5.24. The van der Waals surface area contributed by atoms with Crippen LogP contribution in [-0.2, 0) is 11.3 Å². The molecule has 0 aromatic carbocycles. The van der Waals surface area contributed by atoms with Gasteiger partial charge in [-0.2, -0.15) is 0 Å². The van der Waals surface area contributed by atoms with E-state index in [1.54, 1.807) is 18.4 Å². The summed E-state index contributed by atoms with van der Waals surface area (Å²) >= 11 is 1.80. The van der Waals surface area contributed by atoms with Crippen LogP contribution in [0.15, 0.2) is 0 Å². The van der Waals surface area contributed by atoms with Crippen LogP contribution in [0.1, 0.15) is 37.3 Å². The van der Waals surface area contributed by atoms with E-state index in [0.29, 0.717) is 6.04 Å². The predicted octanol–water partition coefficient (Wildman–Crippen LogP) is 2.81. The second-order valence-electron chi connectivity index (χ2n) is 4.69. The van der Waals surface area contributed by atoms with E-state index < -0.39 is 0 Å². The number of nitrogens with zero attached hydrogens (tertiary/aromatic N) is 2. The molecule has 0 aliphatic carbocycles. The molecule has 19 heavy (non-hydrogen) atoms. The van der Waals surface area contributed by atoms with Crippen molar-refractivity contribution in [1.29, 1.82) is 0 Å². The summed E-state index contributed by atoms with van der Waals surface area (Å²) in [5.74, 6) is 0. The predicted molar refractivity (Wildman–Crippen MR) is 83.2 cm³/mol. The lowest BCUT2D eigenvalue weighted by Gasteiger charge is -2.30. The Morgan fingerprint density at radius 3 is 2.58 bits per heavy atom. The summed E-state index contributed by atoms with van der Waals surface area (Å²) in [5.41, 5.74) is 1.14. The minimum absolute atomic E-state index is 0.545. The Balaban J connectivity index is 2.92. The Morgan fingerprint density at radius 1 is 1.37 bits per heavy atom. The summed E-state index contributed by atoms with van der Waals surface area (Å²) in [6.07, 6.45) is 2.28. The number of hydrogen-bond donors (Lipinski definition) is 1. The van der Waals surface area contributed by atoms with Crippen LogP contribution in [0.25, 0.3) is 0 Å². The number of anilines is 1. The quantitative estimate of drug-likeness (QED) is 0.757. The summed E-state index contributed by atoms with van der Waals surface area (Å²) in [5, 5.41) is 4.34. The molecule has 0 saturated heterocycles. The van der Waals surface area contributed by atoms with Crippen molar-refractivity contribution >= 4 is 16.5 Å². The van der Waals surface area contributed by atoms with Crippen molar-refractivity contribution in [1.82, 2.24) is 10.3 Å². The Kier molecular flexibility index (Phi) is 7.34. The Labute approximate surface area is 121 Å². The molecule has 1 aromatic rings. The molecule has 1 N–H and O–H groups in total. The third kappa shape index (κ3) is 4.44. The number of thiazole rings is 1. The first-order valence-corrected chi connectivity index (χ1v) is 7.85. The smallest absolute Gasteiger partial charge is 0.186 e. The van der Waals surface area contributed by atoms with Crippen LogP contribution in [0.2, 0.25) is 0 Å². The van der Waals surface area contributed by atoms with Crippen LogP contribution in [0.4, 0.5) is 5.13 Å². The van der Waals surface area contributed by atoms with Gasteiger partial charge in [0.15, 0.2) is 5.13 Å². The van der Waals surface area contributed by atoms with E-state index in [1.165, 1.54) is 4.88 Å². The van der Waals surface area contributed by atoms with E-state index >= 15 is 0 Å². The molecule has 0 unspecified atom stereocenters. The van der Waals surface area contributed by atoms with Crippen LogP contribution in [0, 0.1) is 6.92 Å². The van der Waals surface area contributed by atoms with Crippen LogP contribution in [-0.4, -0.2) is 38.3 Å². The number of nitrogens with one attached hydrogen (secondary N) is 1. The number of hydrogen-bond acceptors (Lipinski definition) is 5. The first kappa shape index (κ1) is 16.4. The molecule has 4 nitrogen and oxygen atoms in total. The average Bonchev–Trinajstić information content (AvgIpc) is 2.76. The molecule has 0 aliphatic heterocycles. The zero-order valence-electron chi connectivity index (χ0n) is 12.8. The molecule has 0 fully saturated rings. The van der Waals surface area contributed by atoms with Crippen LogP contribution in [0.5, 0.6) is 0 Å². The summed E-state index contributed by atoms with van der Waals surface area (Å²) < 4.78 is 5.24. The van der Waals surface area contributed by atoms with Gasteiger partial charge < -0.3 is 15.0 Å². The fourth-order valence-corrected chi connectivity index (χ4v) is 3.38. The number of ether oxygens (including phenoxy) is 1. The maximum absolute atomic E-state index is 5.24. The molecule has 0 spiro atoms. The summed E-state index contributed by atoms with van der Waals surface area (Å²) in [7, 11) is 3.73. The van der Waals surface area contributed by atoms with E-state index in [2.05, 4.69) is 31.0 Å². The highest BCUT2D eigenvalue weighted by molar-refractivity contribution is 7.15. The molecule has 0 aliphatic rings. The monoisotopic (exact) mass is 285 g/mol. The molecule has 5 heteroatoms. The van der Waals surface area contributed by atoms with Gasteiger partial charge in [-0.3, -0.25) is 0 Å². The second-order valence-corrected chi connectivity index (χ2v) is 5.75. The minimum Gasteiger partial charge on any atom is -0.383 e. The highest BCUT2D eigenvalue weighted by atomic mass is 32.1. The van der Waals surface area contributed by atoms with Gasteiger partial charge in [-0.15, -0.1) is 11.3 Å². The average molecular weight is 285 g/mol. The summed E-state index contributed by atoms with van der Waals surface area (Å²) in [6.45, 7) is 9.12. The number of aromatic nitrogens is 1. The van der Waals surface area contributed by atoms with Crippen molar-refractivity contribution in [2.45, 2.75) is 46.2 Å². The maximum Gasteiger partial charge on any atom is 0.186 e. The fourth-order valence-electron chi connectivity index (χ4n) is 2.21. The largest absolute Gasteiger partial charge is 0.383 e. The van der Waals surface area contributed by atoms with Gasteiger partial charge in [-0.25, -0.2) is 4.98 Å². The molecule has 110 valence electrons. The lowest BCUT2D eigenvalue weighted by molar-refractivity contribution is 0.202. The zero-order chi connectivity index (χ0) is 14.3. The Hall–Kier alpha value is -0.650. The zero-order valence-corrected chi connectivity index (χ0v) is 13.6. The van der Waals surface area contributed by atoms with E-state index in [0.717, 1.165) is 43.4 Å². The summed E-state index contributed by atoms with van der Waals surface area (Å²) in [6, 6.07) is 0.545. The molecule has 1 aromatic heterocycles. The van der Waals surface area contributed by atoms with Crippen LogP contribution >= 0.6 is 11.3 Å². The van der Waals surface area contributed by atoms with Gasteiger partial charge in [0.1, 0.15) is 0 Å². The van der Waals surface area contributed by atoms with Crippen molar-refractivity contribution < 1.29 is 4.74 Å². The molecule has 0 bridgehead atoms. The van der Waals surface area contributed by atoms with Gasteiger partial charge in [0, 0.05) is 31.1 Å². The van der Waals surface area contributed by atoms with Gasteiger partial charge in [-0.1, -0.05) is 13.8 Å². The molecule has 1 heterocycles. The molecular weight excluding hydrogens is 258 g/mol. The number of methoxy groups -OCH3 is 1. The molecule has 0 amide bonds. The van der Waals surface area contributed by atoms with Crippen molar-refractivity contribution in [3.8, 4) is 0 Å². The molecule has 0 radical (unpaired) electrons. The van der Waals surface area contributed by atoms with Crippen molar-refractivity contribution in [3.63, 3.8) is 0 Å². The fraction of sp³-hybridized carbons (Fsp3) is 0.786. The number of aryl methyl sites for hydroxylation is 1. The number of rotatable bonds is 9. The van der Waals surface area contributed by atoms with E-state index in [4.69, 9.17) is 9.72 Å². The molecule has 0 saturated carbocycles. The minimum atomic E-state index is 0.545. The first-order valence-electron chi connectivity index (χ1n) is 7.04. The van der Waals surface area contributed by atoms with Crippen molar-refractivity contribution in [3.05, 3.63) is 10.6 Å².